The Balaban J connectivity index is 0.915. The van der Waals surface area contributed by atoms with Crippen LogP contribution in [0.25, 0.3) is 22.3 Å². The molecule has 0 saturated carbocycles. The quantitative estimate of drug-likeness (QED) is 0.0288. The molecule has 19 atom stereocenters. The topological polar surface area (TPSA) is 373 Å². The van der Waals surface area contributed by atoms with Gasteiger partial charge in [0.25, 0.3) is 0 Å². The van der Waals surface area contributed by atoms with Crippen LogP contribution in [0.4, 0.5) is 9.59 Å². The molecule has 3 aliphatic heterocycles. The second-order valence-corrected chi connectivity index (χ2v) is 28.7. The minimum absolute atomic E-state index is 0.0884. The van der Waals surface area contributed by atoms with Gasteiger partial charge < -0.3 is 95.2 Å². The van der Waals surface area contributed by atoms with Crippen molar-refractivity contribution in [1.82, 2.24) is 15.5 Å². The first kappa shape index (κ1) is 83.0. The largest absolute Gasteiger partial charge is 0.481 e. The van der Waals surface area contributed by atoms with E-state index >= 15 is 0 Å². The summed E-state index contributed by atoms with van der Waals surface area (Å²) >= 11 is 0. The van der Waals surface area contributed by atoms with Gasteiger partial charge in [0.15, 0.2) is 12.1 Å². The summed E-state index contributed by atoms with van der Waals surface area (Å²) in [6, 6.07) is 30.9. The van der Waals surface area contributed by atoms with Gasteiger partial charge in [-0.25, -0.2) is 9.59 Å². The molecule has 0 aromatic heterocycles. The summed E-state index contributed by atoms with van der Waals surface area (Å²) in [5.74, 6) is -7.53. The lowest BCUT2D eigenvalue weighted by Gasteiger charge is -2.47. The molecule has 4 aromatic carbocycles. The number of rotatable bonds is 16. The summed E-state index contributed by atoms with van der Waals surface area (Å²) < 4.78 is 36.2. The molecule has 0 unspecified atom stereocenters. The van der Waals surface area contributed by atoms with Gasteiger partial charge in [-0.1, -0.05) is 196 Å². The van der Waals surface area contributed by atoms with Crippen molar-refractivity contribution < 1.29 is 104 Å². The van der Waals surface area contributed by atoms with Crippen molar-refractivity contribution in [3.05, 3.63) is 204 Å². The highest BCUT2D eigenvalue weighted by Gasteiger charge is 2.52. The molecule has 2 aliphatic carbocycles. The average molecular weight is 1480 g/mol. The number of amides is 2. The number of aliphatic hydroxyl groups excluding tert-OH is 9. The number of nitrogens with one attached hydrogen (secondary N) is 2. The number of aliphatic carboxylic acids is 1. The van der Waals surface area contributed by atoms with Crippen LogP contribution >= 0.6 is 0 Å². The number of hydrogen-bond donors (Lipinski definition) is 13. The van der Waals surface area contributed by atoms with Crippen LogP contribution < -0.4 is 10.6 Å². The molecule has 2 amide bonds. The molecule has 0 radical (unpaired) electrons. The average Bonchev–Trinajstić information content (AvgIpc) is 1.67. The van der Waals surface area contributed by atoms with E-state index in [9.17, 15) is 75.3 Å². The van der Waals surface area contributed by atoms with Gasteiger partial charge in [-0.15, -0.1) is 0 Å². The van der Waals surface area contributed by atoms with Crippen molar-refractivity contribution in [2.45, 2.75) is 201 Å². The summed E-state index contributed by atoms with van der Waals surface area (Å²) in [7, 11) is 0. The van der Waals surface area contributed by atoms with E-state index in [4.69, 9.17) is 28.4 Å². The molecule has 2 saturated heterocycles. The monoisotopic (exact) mass is 1480 g/mol. The first-order valence-electron chi connectivity index (χ1n) is 37.3. The first-order valence-corrected chi connectivity index (χ1v) is 37.3. The summed E-state index contributed by atoms with van der Waals surface area (Å²) in [4.78, 5) is 54.6. The van der Waals surface area contributed by atoms with Gasteiger partial charge in [0.1, 0.15) is 31.3 Å². The number of allylic oxidation sites excluding steroid dienone is 12. The Morgan fingerprint density at radius 3 is 1.50 bits per heavy atom. The number of benzene rings is 4. The van der Waals surface area contributed by atoms with E-state index in [0.717, 1.165) is 44.5 Å². The maximum atomic E-state index is 13.4. The van der Waals surface area contributed by atoms with Gasteiger partial charge in [-0.3, -0.25) is 14.5 Å². The van der Waals surface area contributed by atoms with Crippen molar-refractivity contribution in [3.8, 4) is 22.3 Å². The number of fused-ring (bicyclic) bond motifs is 8. The number of esters is 1. The molecule has 2 bridgehead atoms. The second-order valence-electron chi connectivity index (χ2n) is 28.7. The fraction of sp³-hybridized carbons (Fsp3) is 0.494. The van der Waals surface area contributed by atoms with Crippen LogP contribution in [0, 0.1) is 17.8 Å². The maximum absolute atomic E-state index is 13.4. The van der Waals surface area contributed by atoms with Crippen LogP contribution in [0.3, 0.4) is 0 Å². The van der Waals surface area contributed by atoms with E-state index in [0.29, 0.717) is 0 Å². The molecule has 2 fully saturated rings. The molecular formula is C83H107N3O21. The SMILES string of the molecule is C[C@@H]1[C@H](O)[C@@H](C)/C=C/C=C/C=C/C=C/C=C/C=C/C=C/[C@H](O[C@@H]2O[C@H](C)[C@@H](O)[C@H](N(CCCNC(=O)OCC3c4ccccc4-c4ccccc43)CCCNC(=O)OCC3c4ccccc4-c4ccccc43)[C@@H]2O)C[C@@H]2O[C@](O)(C[C@@H](O)C[C@@H](O)[C@H](O)CC[C@@H](O)C[C@@H](O)CC(=O)O[C@H]1C)C[C@H](O)[C@H]2C(=O)O. The second kappa shape index (κ2) is 40.4. The minimum Gasteiger partial charge on any atom is -0.481 e. The number of carboxylic acids is 1. The number of ether oxygens (including phenoxy) is 6. The molecule has 5 aliphatic rings. The maximum Gasteiger partial charge on any atom is 0.407 e. The highest BCUT2D eigenvalue weighted by Crippen LogP contribution is 2.46. The zero-order chi connectivity index (χ0) is 76.7. The van der Waals surface area contributed by atoms with Crippen LogP contribution in [-0.4, -0.2) is 222 Å². The number of aliphatic hydroxyl groups is 10. The summed E-state index contributed by atoms with van der Waals surface area (Å²) in [5.41, 5.74) is 8.53. The van der Waals surface area contributed by atoms with Crippen LogP contribution in [0.15, 0.2) is 182 Å². The third-order valence-corrected chi connectivity index (χ3v) is 20.8. The van der Waals surface area contributed by atoms with Gasteiger partial charge in [0, 0.05) is 75.5 Å². The van der Waals surface area contributed by atoms with E-state index in [1.165, 1.54) is 6.08 Å². The molecule has 580 valence electrons. The Hall–Kier alpha value is -8.02. The van der Waals surface area contributed by atoms with Gasteiger partial charge in [0.05, 0.1) is 79.6 Å². The number of carbonyl (C=O) groups excluding carboxylic acids is 3. The summed E-state index contributed by atoms with van der Waals surface area (Å²) in [5, 5.41) is 131. The predicted octanol–water partition coefficient (Wildman–Crippen LogP) is 7.91. The van der Waals surface area contributed by atoms with E-state index < -0.39 is 166 Å². The highest BCUT2D eigenvalue weighted by molar-refractivity contribution is 5.80. The van der Waals surface area contributed by atoms with E-state index in [2.05, 4.69) is 10.6 Å². The zero-order valence-electron chi connectivity index (χ0n) is 61.1. The summed E-state index contributed by atoms with van der Waals surface area (Å²) in [6.07, 6.45) is 0.990. The molecule has 107 heavy (non-hydrogen) atoms. The Morgan fingerprint density at radius 1 is 0.533 bits per heavy atom. The molecule has 24 nitrogen and oxygen atoms in total. The van der Waals surface area contributed by atoms with Gasteiger partial charge in [-0.05, 0) is 90.5 Å². The minimum atomic E-state index is -2.43. The molecule has 9 rings (SSSR count). The Labute approximate surface area is 625 Å². The van der Waals surface area contributed by atoms with E-state index in [1.54, 1.807) is 93.7 Å². The van der Waals surface area contributed by atoms with Crippen molar-refractivity contribution in [1.29, 1.82) is 0 Å². The third kappa shape index (κ3) is 23.3. The molecule has 13 N–H and O–H groups in total. The van der Waals surface area contributed by atoms with Crippen LogP contribution in [0.5, 0.6) is 0 Å². The van der Waals surface area contributed by atoms with E-state index in [-0.39, 0.29) is 89.3 Å². The Bertz CT molecular complexity index is 3550. The molecule has 24 heteroatoms. The molecule has 4 aromatic rings. The smallest absolute Gasteiger partial charge is 0.407 e. The van der Waals surface area contributed by atoms with Crippen LogP contribution in [0.1, 0.15) is 126 Å². The van der Waals surface area contributed by atoms with Gasteiger partial charge >= 0.3 is 24.1 Å². The molecule has 0 spiro atoms. The van der Waals surface area contributed by atoms with Gasteiger partial charge in [0.2, 0.25) is 0 Å². The number of alkyl carbamates (subject to hydrolysis) is 2. The number of carboxylic acid groups (broad SMARTS) is 1. The predicted molar refractivity (Wildman–Crippen MR) is 400 cm³/mol. The fourth-order valence-electron chi connectivity index (χ4n) is 15.0. The molecular weight excluding hydrogens is 1370 g/mol. The van der Waals surface area contributed by atoms with Gasteiger partial charge in [-0.2, -0.15) is 0 Å². The lowest BCUT2D eigenvalue weighted by Crippen LogP contribution is -2.64. The third-order valence-electron chi connectivity index (χ3n) is 20.8. The van der Waals surface area contributed by atoms with Crippen molar-refractivity contribution in [3.63, 3.8) is 0 Å². The number of nitrogens with zero attached hydrogens (tertiary/aromatic N) is 1. The Morgan fingerprint density at radius 2 is 1.01 bits per heavy atom. The lowest BCUT2D eigenvalue weighted by atomic mass is 9.82. The zero-order valence-corrected chi connectivity index (χ0v) is 61.1. The van der Waals surface area contributed by atoms with E-state index in [1.807, 2.05) is 115 Å². The highest BCUT2D eigenvalue weighted by atomic mass is 16.7. The molecule has 3 heterocycles. The lowest BCUT2D eigenvalue weighted by molar-refractivity contribution is -0.312. The standard InChI is InChI=1S/C83H107N3O21/c1-51-27-15-13-11-9-7-5-6-8-10-12-14-16-28-58(46-72-74(79(97)98)71(92)48-83(101,107-72)47-57(89)44-70(91)69(90)38-37-55(87)43-56(88)45-73(93)104-53(3)52(2)76(51)94)106-80-78(96)75(77(95)54(4)105-80)86(41-25-39-84-81(99)102-49-67-63-33-21-17-29-59(63)60-30-18-22-34-64(60)67)42-26-40-85-82(100)103-50-68-65-35-23-19-31-61(65)62-32-20-24-36-66(62)68/h5-24,27-36,51-58,67-72,74-78,80,87-92,94-96,101H,25-26,37-50H2,1-4H3,(H,84,99)(H,85,100)(H,97,98)/b6-5+,9-7+,10-8+,13-11+,14-12+,27-15+,28-16+/t51-,52-,53-,54+,55+,56+,57-,58-,69+,70+,71-,72-,74+,75-,76+,77+,78-,80-,83+/m0/s1. The Kier molecular flexibility index (Phi) is 31.4. The number of cyclic esters (lactones) is 1. The van der Waals surface area contributed by atoms with Crippen molar-refractivity contribution in [2.24, 2.45) is 17.8 Å². The van der Waals surface area contributed by atoms with Crippen molar-refractivity contribution >= 4 is 24.1 Å². The first-order chi connectivity index (χ1) is 51.4. The fourth-order valence-corrected chi connectivity index (χ4v) is 15.0. The van der Waals surface area contributed by atoms with Crippen molar-refractivity contribution in [2.75, 3.05) is 39.4 Å². The summed E-state index contributed by atoms with van der Waals surface area (Å²) in [6.45, 7) is 7.54. The normalized spacial score (nSPS) is 33.0. The number of carbonyl (C=O) groups is 4. The van der Waals surface area contributed by atoms with Crippen LogP contribution in [0.2, 0.25) is 0 Å². The number of hydrogen-bond acceptors (Lipinski definition) is 21. The van der Waals surface area contributed by atoms with Crippen LogP contribution in [-0.2, 0) is 38.0 Å².